The number of carboxylic acids is 1. The molecule has 0 heterocycles. The Hall–Kier alpha value is -4.52. The first-order valence-electron chi connectivity index (χ1n) is 11.2. The summed E-state index contributed by atoms with van der Waals surface area (Å²) in [4.78, 5) is 24.3. The molecule has 1 amide bonds. The van der Waals surface area contributed by atoms with Crippen molar-refractivity contribution in [2.24, 2.45) is 0 Å². The summed E-state index contributed by atoms with van der Waals surface area (Å²) in [5, 5.41) is 12.1. The van der Waals surface area contributed by atoms with Crippen molar-refractivity contribution >= 4 is 11.9 Å². The van der Waals surface area contributed by atoms with Gasteiger partial charge in [0, 0.05) is 23.6 Å². The SMILES string of the molecule is O=C(NC(Cc1ccccc1)C(=O)O)c1ccc(-c2ccc(OCc3ccc(F)cc3F)cc2)cc1. The van der Waals surface area contributed by atoms with Crippen LogP contribution < -0.4 is 10.1 Å². The van der Waals surface area contributed by atoms with Crippen molar-refractivity contribution in [1.82, 2.24) is 5.32 Å². The lowest BCUT2D eigenvalue weighted by molar-refractivity contribution is -0.139. The first-order chi connectivity index (χ1) is 17.4. The van der Waals surface area contributed by atoms with Gasteiger partial charge < -0.3 is 15.2 Å². The smallest absolute Gasteiger partial charge is 0.326 e. The summed E-state index contributed by atoms with van der Waals surface area (Å²) in [6.45, 7) is -0.0309. The average Bonchev–Trinajstić information content (AvgIpc) is 2.89. The summed E-state index contributed by atoms with van der Waals surface area (Å²) in [5.41, 5.74) is 3.13. The van der Waals surface area contributed by atoms with Gasteiger partial charge in [0.1, 0.15) is 30.0 Å². The predicted octanol–water partition coefficient (Wildman–Crippen LogP) is 5.64. The van der Waals surface area contributed by atoms with Gasteiger partial charge in [0.15, 0.2) is 0 Å². The van der Waals surface area contributed by atoms with Crippen molar-refractivity contribution in [2.75, 3.05) is 0 Å². The van der Waals surface area contributed by atoms with Crippen molar-refractivity contribution in [2.45, 2.75) is 19.1 Å². The topological polar surface area (TPSA) is 75.6 Å². The van der Waals surface area contributed by atoms with Crippen LogP contribution in [-0.4, -0.2) is 23.0 Å². The van der Waals surface area contributed by atoms with Crippen LogP contribution in [0.25, 0.3) is 11.1 Å². The molecule has 36 heavy (non-hydrogen) atoms. The van der Waals surface area contributed by atoms with E-state index in [-0.39, 0.29) is 18.6 Å². The first-order valence-corrected chi connectivity index (χ1v) is 11.2. The van der Waals surface area contributed by atoms with E-state index < -0.39 is 29.6 Å². The van der Waals surface area contributed by atoms with Gasteiger partial charge in [-0.3, -0.25) is 4.79 Å². The number of hydrogen-bond acceptors (Lipinski definition) is 3. The number of carboxylic acid groups (broad SMARTS) is 1. The molecule has 1 unspecified atom stereocenters. The summed E-state index contributed by atoms with van der Waals surface area (Å²) in [6, 6.07) is 25.3. The molecule has 0 aromatic heterocycles. The number of halogens is 2. The summed E-state index contributed by atoms with van der Waals surface area (Å²) >= 11 is 0. The maximum Gasteiger partial charge on any atom is 0.326 e. The van der Waals surface area contributed by atoms with E-state index in [2.05, 4.69) is 5.32 Å². The largest absolute Gasteiger partial charge is 0.489 e. The Kier molecular flexibility index (Phi) is 7.70. The third-order valence-electron chi connectivity index (χ3n) is 5.63. The van der Waals surface area contributed by atoms with Gasteiger partial charge in [-0.15, -0.1) is 0 Å². The minimum atomic E-state index is -1.10. The molecule has 0 aliphatic heterocycles. The van der Waals surface area contributed by atoms with Crippen molar-refractivity contribution in [3.05, 3.63) is 125 Å². The van der Waals surface area contributed by atoms with Crippen LogP contribution in [0.3, 0.4) is 0 Å². The van der Waals surface area contributed by atoms with E-state index in [1.54, 1.807) is 36.4 Å². The van der Waals surface area contributed by atoms with E-state index in [1.807, 2.05) is 42.5 Å². The molecule has 4 rings (SSSR count). The summed E-state index contributed by atoms with van der Waals surface area (Å²) in [7, 11) is 0. The number of benzene rings is 4. The number of carbonyl (C=O) groups is 2. The van der Waals surface area contributed by atoms with Crippen molar-refractivity contribution in [1.29, 1.82) is 0 Å². The minimum Gasteiger partial charge on any atom is -0.489 e. The van der Waals surface area contributed by atoms with E-state index in [0.717, 1.165) is 22.8 Å². The van der Waals surface area contributed by atoms with Crippen LogP contribution in [0.4, 0.5) is 8.78 Å². The Morgan fingerprint density at radius 2 is 1.47 bits per heavy atom. The molecule has 5 nitrogen and oxygen atoms in total. The van der Waals surface area contributed by atoms with Gasteiger partial charge in [-0.25, -0.2) is 13.6 Å². The highest BCUT2D eigenvalue weighted by atomic mass is 19.1. The number of aliphatic carboxylic acids is 1. The molecule has 0 fully saturated rings. The lowest BCUT2D eigenvalue weighted by Gasteiger charge is -2.15. The molecule has 0 aliphatic carbocycles. The zero-order chi connectivity index (χ0) is 25.5. The quantitative estimate of drug-likeness (QED) is 0.321. The maximum absolute atomic E-state index is 13.8. The molecule has 2 N–H and O–H groups in total. The fourth-order valence-electron chi connectivity index (χ4n) is 3.65. The van der Waals surface area contributed by atoms with Crippen LogP contribution in [0, 0.1) is 11.6 Å². The van der Waals surface area contributed by atoms with Gasteiger partial charge in [0.2, 0.25) is 0 Å². The van der Waals surface area contributed by atoms with E-state index in [4.69, 9.17) is 4.74 Å². The van der Waals surface area contributed by atoms with Crippen LogP contribution in [0.5, 0.6) is 5.75 Å². The first kappa shape index (κ1) is 24.6. The van der Waals surface area contributed by atoms with E-state index in [1.165, 1.54) is 12.1 Å². The molecule has 7 heteroatoms. The molecular weight excluding hydrogens is 464 g/mol. The second-order valence-corrected chi connectivity index (χ2v) is 8.18. The van der Waals surface area contributed by atoms with Crippen molar-refractivity contribution in [3.8, 4) is 16.9 Å². The van der Waals surface area contributed by atoms with Gasteiger partial charge in [0.05, 0.1) is 0 Å². The van der Waals surface area contributed by atoms with Gasteiger partial charge in [-0.1, -0.05) is 54.6 Å². The Bertz CT molecular complexity index is 1340. The van der Waals surface area contributed by atoms with Gasteiger partial charge in [0.25, 0.3) is 5.91 Å². The maximum atomic E-state index is 13.8. The molecule has 0 radical (unpaired) electrons. The monoisotopic (exact) mass is 487 g/mol. The highest BCUT2D eigenvalue weighted by molar-refractivity contribution is 5.97. The van der Waals surface area contributed by atoms with Crippen LogP contribution in [0.1, 0.15) is 21.5 Å². The molecule has 0 bridgehead atoms. The van der Waals surface area contributed by atoms with Gasteiger partial charge in [-0.2, -0.15) is 0 Å². The van der Waals surface area contributed by atoms with Crippen LogP contribution in [0.15, 0.2) is 97.1 Å². The number of nitrogens with one attached hydrogen (secondary N) is 1. The van der Waals surface area contributed by atoms with Gasteiger partial charge >= 0.3 is 5.97 Å². The van der Waals surface area contributed by atoms with E-state index in [9.17, 15) is 23.5 Å². The van der Waals surface area contributed by atoms with Gasteiger partial charge in [-0.05, 0) is 53.1 Å². The lowest BCUT2D eigenvalue weighted by atomic mass is 10.0. The highest BCUT2D eigenvalue weighted by Crippen LogP contribution is 2.24. The Balaban J connectivity index is 1.37. The predicted molar refractivity (Wildman–Crippen MR) is 132 cm³/mol. The zero-order valence-corrected chi connectivity index (χ0v) is 19.2. The summed E-state index contributed by atoms with van der Waals surface area (Å²) in [5.74, 6) is -2.35. The Morgan fingerprint density at radius 3 is 2.08 bits per heavy atom. The zero-order valence-electron chi connectivity index (χ0n) is 19.2. The molecule has 4 aromatic carbocycles. The number of rotatable bonds is 9. The van der Waals surface area contributed by atoms with Crippen LogP contribution in [-0.2, 0) is 17.8 Å². The Morgan fingerprint density at radius 1 is 0.833 bits per heavy atom. The number of ether oxygens (including phenoxy) is 1. The van der Waals surface area contributed by atoms with Crippen molar-refractivity contribution < 1.29 is 28.2 Å². The molecule has 0 saturated carbocycles. The standard InChI is InChI=1S/C29H23F2NO4/c30-24-13-10-23(26(31)17-24)18-36-25-14-11-21(12-15-25)20-6-8-22(9-7-20)28(33)32-27(29(34)35)16-19-4-2-1-3-5-19/h1-15,17,27H,16,18H2,(H,32,33)(H,34,35). The lowest BCUT2D eigenvalue weighted by Crippen LogP contribution is -2.42. The molecule has 0 aliphatic rings. The van der Waals surface area contributed by atoms with Crippen LogP contribution >= 0.6 is 0 Å². The normalized spacial score (nSPS) is 11.5. The number of amides is 1. The summed E-state index contributed by atoms with van der Waals surface area (Å²) in [6.07, 6.45) is 0.183. The minimum absolute atomic E-state index is 0.0309. The van der Waals surface area contributed by atoms with Crippen molar-refractivity contribution in [3.63, 3.8) is 0 Å². The second-order valence-electron chi connectivity index (χ2n) is 8.18. The van der Waals surface area contributed by atoms with E-state index >= 15 is 0 Å². The number of hydrogen-bond donors (Lipinski definition) is 2. The van der Waals surface area contributed by atoms with Crippen LogP contribution in [0.2, 0.25) is 0 Å². The molecule has 4 aromatic rings. The average molecular weight is 488 g/mol. The second kappa shape index (κ2) is 11.3. The molecule has 0 saturated heterocycles. The third-order valence-corrected chi connectivity index (χ3v) is 5.63. The van der Waals surface area contributed by atoms with E-state index in [0.29, 0.717) is 11.3 Å². The fourth-order valence-corrected chi connectivity index (χ4v) is 3.65. The highest BCUT2D eigenvalue weighted by Gasteiger charge is 2.21. The fraction of sp³-hybridized carbons (Fsp3) is 0.103. The molecule has 182 valence electrons. The molecule has 0 spiro atoms. The number of carbonyl (C=O) groups excluding carboxylic acids is 1. The Labute approximate surface area is 207 Å². The third kappa shape index (κ3) is 6.33. The molecular formula is C29H23F2NO4. The summed E-state index contributed by atoms with van der Waals surface area (Å²) < 4.78 is 32.4. The molecule has 1 atom stereocenters.